The number of benzene rings is 1. The van der Waals surface area contributed by atoms with Crippen LogP contribution in [0.3, 0.4) is 0 Å². The molecule has 24 heavy (non-hydrogen) atoms. The number of nitro benzene ring substituents is 1. The molecule has 1 aliphatic rings. The van der Waals surface area contributed by atoms with Gasteiger partial charge in [-0.2, -0.15) is 5.10 Å². The molecule has 2 heterocycles. The molecule has 126 valence electrons. The first-order valence-corrected chi connectivity index (χ1v) is 7.20. The minimum absolute atomic E-state index is 0.0304. The molecular weight excluding hydrogens is 316 g/mol. The van der Waals surface area contributed by atoms with Gasteiger partial charge < -0.3 is 15.5 Å². The fourth-order valence-corrected chi connectivity index (χ4v) is 2.33. The van der Waals surface area contributed by atoms with Gasteiger partial charge in [0.15, 0.2) is 0 Å². The molecule has 1 saturated heterocycles. The maximum Gasteiger partial charge on any atom is 0.293 e. The van der Waals surface area contributed by atoms with Gasteiger partial charge in [0.25, 0.3) is 11.6 Å². The van der Waals surface area contributed by atoms with Gasteiger partial charge in [0.05, 0.1) is 24.4 Å². The summed E-state index contributed by atoms with van der Waals surface area (Å²) < 4.78 is 6.45. The summed E-state index contributed by atoms with van der Waals surface area (Å²) in [6, 6.07) is 4.95. The monoisotopic (exact) mass is 332 g/mol. The number of nitrogens with one attached hydrogen (secondary N) is 1. The number of nitrogens with two attached hydrogens (primary N) is 1. The number of anilines is 2. The lowest BCUT2D eigenvalue weighted by Gasteiger charge is -2.28. The molecule has 11 nitrogen and oxygen atoms in total. The van der Waals surface area contributed by atoms with Crippen molar-refractivity contribution in [2.45, 2.75) is 0 Å². The summed E-state index contributed by atoms with van der Waals surface area (Å²) >= 11 is 0. The number of hydrogen-bond donors (Lipinski definition) is 2. The van der Waals surface area contributed by atoms with E-state index in [-0.39, 0.29) is 11.6 Å². The van der Waals surface area contributed by atoms with Crippen molar-refractivity contribution in [3.8, 4) is 0 Å². The average Bonchev–Trinajstić information content (AvgIpc) is 3.01. The van der Waals surface area contributed by atoms with Crippen LogP contribution in [0.25, 0.3) is 0 Å². The molecule has 0 atom stereocenters. The maximum atomic E-state index is 11.4. The Morgan fingerprint density at radius 2 is 2.21 bits per heavy atom. The van der Waals surface area contributed by atoms with Crippen molar-refractivity contribution >= 4 is 23.5 Å². The van der Waals surface area contributed by atoms with Crippen LogP contribution < -0.4 is 16.2 Å². The highest BCUT2D eigenvalue weighted by Crippen LogP contribution is 2.29. The molecule has 1 fully saturated rings. The predicted octanol–water partition coefficient (Wildman–Crippen LogP) is 0.183. The number of aromatic nitrogens is 3. The second kappa shape index (κ2) is 6.91. The van der Waals surface area contributed by atoms with Gasteiger partial charge in [0.2, 0.25) is 0 Å². The summed E-state index contributed by atoms with van der Waals surface area (Å²) in [5.41, 5.74) is 3.79. The Morgan fingerprint density at radius 3 is 2.88 bits per heavy atom. The van der Waals surface area contributed by atoms with Gasteiger partial charge in [-0.3, -0.25) is 10.1 Å². The Balaban J connectivity index is 1.78. The smallest absolute Gasteiger partial charge is 0.293 e. The van der Waals surface area contributed by atoms with E-state index in [1.54, 1.807) is 12.1 Å². The SMILES string of the molecule is Nn1cnnc1N/N=C\c1ccc(N2CCOCC2)c([N+](=O)[O-])c1. The predicted molar refractivity (Wildman–Crippen MR) is 87.5 cm³/mol. The van der Waals surface area contributed by atoms with Crippen LogP contribution in [-0.4, -0.2) is 52.3 Å². The Hall–Kier alpha value is -3.21. The lowest BCUT2D eigenvalue weighted by atomic mass is 10.1. The van der Waals surface area contributed by atoms with Gasteiger partial charge >= 0.3 is 0 Å². The Kier molecular flexibility index (Phi) is 4.52. The van der Waals surface area contributed by atoms with Crippen molar-refractivity contribution in [3.63, 3.8) is 0 Å². The number of morpholine rings is 1. The molecular formula is C13H16N8O3. The van der Waals surface area contributed by atoms with Gasteiger partial charge in [-0.1, -0.05) is 6.07 Å². The number of nitrogens with zero attached hydrogens (tertiary/aromatic N) is 6. The zero-order chi connectivity index (χ0) is 16.9. The van der Waals surface area contributed by atoms with E-state index >= 15 is 0 Å². The van der Waals surface area contributed by atoms with Crippen molar-refractivity contribution in [2.24, 2.45) is 5.10 Å². The second-order valence-corrected chi connectivity index (χ2v) is 5.04. The molecule has 1 aromatic carbocycles. The number of hydrazone groups is 1. The first-order chi connectivity index (χ1) is 11.6. The Bertz CT molecular complexity index is 753. The molecule has 0 unspecified atom stereocenters. The quantitative estimate of drug-likeness (QED) is 0.342. The average molecular weight is 332 g/mol. The molecule has 1 aliphatic heterocycles. The first kappa shape index (κ1) is 15.7. The third-order valence-electron chi connectivity index (χ3n) is 3.50. The molecule has 0 saturated carbocycles. The molecule has 1 aromatic heterocycles. The molecule has 0 bridgehead atoms. The highest BCUT2D eigenvalue weighted by Gasteiger charge is 2.21. The minimum Gasteiger partial charge on any atom is -0.378 e. The number of nitro groups is 1. The minimum atomic E-state index is -0.397. The maximum absolute atomic E-state index is 11.4. The van der Waals surface area contributed by atoms with Crippen molar-refractivity contribution in [3.05, 3.63) is 40.2 Å². The van der Waals surface area contributed by atoms with Crippen molar-refractivity contribution in [1.29, 1.82) is 0 Å². The van der Waals surface area contributed by atoms with E-state index in [1.807, 2.05) is 4.90 Å². The number of nitrogen functional groups attached to an aromatic ring is 1. The summed E-state index contributed by atoms with van der Waals surface area (Å²) in [7, 11) is 0. The van der Waals surface area contributed by atoms with Crippen LogP contribution in [0.15, 0.2) is 29.6 Å². The summed E-state index contributed by atoms with van der Waals surface area (Å²) in [5.74, 6) is 5.79. The molecule has 0 aliphatic carbocycles. The van der Waals surface area contributed by atoms with E-state index in [0.29, 0.717) is 37.6 Å². The van der Waals surface area contributed by atoms with Crippen molar-refractivity contribution < 1.29 is 9.66 Å². The fraction of sp³-hybridized carbons (Fsp3) is 0.308. The van der Waals surface area contributed by atoms with Crippen LogP contribution in [0.4, 0.5) is 17.3 Å². The van der Waals surface area contributed by atoms with Crippen LogP contribution in [0.1, 0.15) is 5.56 Å². The largest absolute Gasteiger partial charge is 0.378 e. The first-order valence-electron chi connectivity index (χ1n) is 7.20. The third kappa shape index (κ3) is 3.41. The zero-order valence-electron chi connectivity index (χ0n) is 12.7. The van der Waals surface area contributed by atoms with E-state index in [1.165, 1.54) is 23.3 Å². The second-order valence-electron chi connectivity index (χ2n) is 5.04. The summed E-state index contributed by atoms with van der Waals surface area (Å²) in [4.78, 5) is 12.9. The van der Waals surface area contributed by atoms with Gasteiger partial charge in [-0.15, -0.1) is 10.2 Å². The number of ether oxygens (including phenoxy) is 1. The van der Waals surface area contributed by atoms with E-state index in [0.717, 1.165) is 0 Å². The van der Waals surface area contributed by atoms with E-state index in [2.05, 4.69) is 20.7 Å². The zero-order valence-corrected chi connectivity index (χ0v) is 12.7. The van der Waals surface area contributed by atoms with Gasteiger partial charge in [-0.25, -0.2) is 10.1 Å². The summed E-state index contributed by atoms with van der Waals surface area (Å²) in [5, 5.41) is 22.6. The van der Waals surface area contributed by atoms with Crippen molar-refractivity contribution in [1.82, 2.24) is 14.9 Å². The molecule has 3 N–H and O–H groups in total. The Morgan fingerprint density at radius 1 is 1.42 bits per heavy atom. The van der Waals surface area contributed by atoms with E-state index < -0.39 is 4.92 Å². The van der Waals surface area contributed by atoms with Crippen LogP contribution in [0, 0.1) is 10.1 Å². The number of rotatable bonds is 5. The summed E-state index contributed by atoms with van der Waals surface area (Å²) in [6.07, 6.45) is 2.77. The van der Waals surface area contributed by atoms with E-state index in [4.69, 9.17) is 10.6 Å². The molecule has 3 rings (SSSR count). The van der Waals surface area contributed by atoms with Gasteiger partial charge in [0.1, 0.15) is 12.0 Å². The third-order valence-corrected chi connectivity index (χ3v) is 3.50. The van der Waals surface area contributed by atoms with Crippen LogP contribution in [0.5, 0.6) is 0 Å². The normalized spacial score (nSPS) is 14.9. The topological polar surface area (TPSA) is 137 Å². The highest BCUT2D eigenvalue weighted by molar-refractivity contribution is 5.83. The highest BCUT2D eigenvalue weighted by atomic mass is 16.6. The summed E-state index contributed by atoms with van der Waals surface area (Å²) in [6.45, 7) is 2.37. The lowest BCUT2D eigenvalue weighted by molar-refractivity contribution is -0.384. The molecule has 0 radical (unpaired) electrons. The van der Waals surface area contributed by atoms with Crippen LogP contribution in [0.2, 0.25) is 0 Å². The van der Waals surface area contributed by atoms with E-state index in [9.17, 15) is 10.1 Å². The van der Waals surface area contributed by atoms with Gasteiger partial charge in [-0.05, 0) is 6.07 Å². The molecule has 0 amide bonds. The molecule has 2 aromatic rings. The Labute approximate surface area is 136 Å². The van der Waals surface area contributed by atoms with Crippen LogP contribution >= 0.6 is 0 Å². The fourth-order valence-electron chi connectivity index (χ4n) is 2.33. The number of hydrogen-bond acceptors (Lipinski definition) is 9. The lowest BCUT2D eigenvalue weighted by Crippen LogP contribution is -2.36. The molecule has 0 spiro atoms. The van der Waals surface area contributed by atoms with Crippen molar-refractivity contribution in [2.75, 3.05) is 42.5 Å². The van der Waals surface area contributed by atoms with Crippen LogP contribution in [-0.2, 0) is 4.74 Å². The standard InChI is InChI=1S/C13H16N8O3/c14-20-9-16-18-13(20)17-15-8-10-1-2-11(12(7-10)21(22)23)19-3-5-24-6-4-19/h1-2,7-9H,3-6,14H2,(H,17,18)/b15-8-. The molecule has 11 heteroatoms. The van der Waals surface area contributed by atoms with Gasteiger partial charge in [0, 0.05) is 24.7 Å².